The Balaban J connectivity index is 2.10. The predicted octanol–water partition coefficient (Wildman–Crippen LogP) is 4.32. The zero-order valence-corrected chi connectivity index (χ0v) is 12.5. The molecule has 2 aromatic carbocycles. The van der Waals surface area contributed by atoms with E-state index in [4.69, 9.17) is 0 Å². The van der Waals surface area contributed by atoms with Gasteiger partial charge < -0.3 is 5.32 Å². The van der Waals surface area contributed by atoms with Crippen molar-refractivity contribution in [1.29, 1.82) is 0 Å². The minimum absolute atomic E-state index is 0.0428. The molecule has 2 unspecified atom stereocenters. The molecule has 0 saturated heterocycles. The third kappa shape index (κ3) is 3.89. The quantitative estimate of drug-likeness (QED) is 0.657. The summed E-state index contributed by atoms with van der Waals surface area (Å²) in [5.41, 5.74) is 3.49. The number of aryl methyl sites for hydroxylation is 1. The molecule has 4 heteroatoms. The smallest absolute Gasteiger partial charge is 0.269 e. The lowest BCUT2D eigenvalue weighted by molar-refractivity contribution is -0.384. The normalized spacial score (nSPS) is 13.7. The molecule has 4 nitrogen and oxygen atoms in total. The monoisotopic (exact) mass is 284 g/mol. The molecule has 0 aliphatic carbocycles. The highest BCUT2D eigenvalue weighted by Crippen LogP contribution is 2.22. The Morgan fingerprint density at radius 2 is 1.62 bits per heavy atom. The lowest BCUT2D eigenvalue weighted by Crippen LogP contribution is -2.22. The van der Waals surface area contributed by atoms with Crippen LogP contribution in [0.5, 0.6) is 0 Å². The van der Waals surface area contributed by atoms with Crippen LogP contribution in [-0.2, 0) is 0 Å². The Bertz CT molecular complexity index is 623. The number of nitro benzene ring substituents is 1. The van der Waals surface area contributed by atoms with E-state index < -0.39 is 0 Å². The van der Waals surface area contributed by atoms with E-state index in [1.54, 1.807) is 12.1 Å². The number of nitrogens with one attached hydrogen (secondary N) is 1. The van der Waals surface area contributed by atoms with Gasteiger partial charge in [0.1, 0.15) is 0 Å². The summed E-state index contributed by atoms with van der Waals surface area (Å²) in [5, 5.41) is 14.3. The van der Waals surface area contributed by atoms with Gasteiger partial charge in [-0.1, -0.05) is 42.0 Å². The van der Waals surface area contributed by atoms with Crippen LogP contribution in [0, 0.1) is 17.0 Å². The summed E-state index contributed by atoms with van der Waals surface area (Å²) in [6.07, 6.45) is 0. The van der Waals surface area contributed by atoms with Crippen LogP contribution in [0.1, 0.15) is 42.6 Å². The second-order valence-electron chi connectivity index (χ2n) is 5.37. The molecular formula is C17H20N2O2. The minimum atomic E-state index is -0.361. The van der Waals surface area contributed by atoms with Crippen molar-refractivity contribution in [3.8, 4) is 0 Å². The van der Waals surface area contributed by atoms with Crippen molar-refractivity contribution in [2.24, 2.45) is 0 Å². The fourth-order valence-electron chi connectivity index (χ4n) is 2.33. The first-order valence-corrected chi connectivity index (χ1v) is 7.04. The van der Waals surface area contributed by atoms with Crippen molar-refractivity contribution in [1.82, 2.24) is 5.32 Å². The molecule has 110 valence electrons. The van der Waals surface area contributed by atoms with Gasteiger partial charge in [0.15, 0.2) is 0 Å². The van der Waals surface area contributed by atoms with E-state index in [0.717, 1.165) is 5.56 Å². The number of benzene rings is 2. The van der Waals surface area contributed by atoms with Crippen LogP contribution < -0.4 is 5.32 Å². The van der Waals surface area contributed by atoms with Crippen LogP contribution in [0.4, 0.5) is 5.69 Å². The van der Waals surface area contributed by atoms with E-state index in [1.165, 1.54) is 17.2 Å². The summed E-state index contributed by atoms with van der Waals surface area (Å²) in [6, 6.07) is 15.4. The van der Waals surface area contributed by atoms with E-state index >= 15 is 0 Å². The Kier molecular flexibility index (Phi) is 4.70. The van der Waals surface area contributed by atoms with Gasteiger partial charge in [0, 0.05) is 24.2 Å². The fraction of sp³-hybridized carbons (Fsp3) is 0.294. The first-order valence-electron chi connectivity index (χ1n) is 7.04. The van der Waals surface area contributed by atoms with Crippen LogP contribution in [0.25, 0.3) is 0 Å². The predicted molar refractivity (Wildman–Crippen MR) is 84.2 cm³/mol. The molecule has 0 aromatic heterocycles. The number of nitro groups is 1. The molecule has 0 spiro atoms. The lowest BCUT2D eigenvalue weighted by Gasteiger charge is -2.21. The zero-order chi connectivity index (χ0) is 15.4. The summed E-state index contributed by atoms with van der Waals surface area (Å²) in [5.74, 6) is 0. The molecule has 2 rings (SSSR count). The molecule has 0 aliphatic rings. The fourth-order valence-corrected chi connectivity index (χ4v) is 2.33. The minimum Gasteiger partial charge on any atom is -0.304 e. The molecule has 0 bridgehead atoms. The molecule has 21 heavy (non-hydrogen) atoms. The van der Waals surface area contributed by atoms with Crippen LogP contribution in [-0.4, -0.2) is 4.92 Å². The molecule has 0 fully saturated rings. The summed E-state index contributed by atoms with van der Waals surface area (Å²) in [7, 11) is 0. The first-order chi connectivity index (χ1) is 9.97. The molecule has 2 atom stereocenters. The lowest BCUT2D eigenvalue weighted by atomic mass is 10.0. The van der Waals surface area contributed by atoms with Gasteiger partial charge in [-0.05, 0) is 31.9 Å². The number of non-ortho nitro benzene ring substituents is 1. The highest BCUT2D eigenvalue weighted by Gasteiger charge is 2.13. The number of hydrogen-bond acceptors (Lipinski definition) is 3. The summed E-state index contributed by atoms with van der Waals surface area (Å²) < 4.78 is 0. The Labute approximate surface area is 125 Å². The summed E-state index contributed by atoms with van der Waals surface area (Å²) in [6.45, 7) is 6.18. The van der Waals surface area contributed by atoms with Gasteiger partial charge in [-0.25, -0.2) is 0 Å². The van der Waals surface area contributed by atoms with Gasteiger partial charge in [0.05, 0.1) is 4.92 Å². The van der Waals surface area contributed by atoms with Gasteiger partial charge in [0.2, 0.25) is 0 Å². The Morgan fingerprint density at radius 1 is 1.00 bits per heavy atom. The topological polar surface area (TPSA) is 55.2 Å². The largest absolute Gasteiger partial charge is 0.304 e. The third-order valence-corrected chi connectivity index (χ3v) is 3.66. The SMILES string of the molecule is Cc1ccc(C(C)NC(C)c2cccc([N+](=O)[O-])c2)cc1. The molecule has 0 aliphatic heterocycles. The van der Waals surface area contributed by atoms with Crippen molar-refractivity contribution < 1.29 is 4.92 Å². The van der Waals surface area contributed by atoms with Gasteiger partial charge in [0.25, 0.3) is 5.69 Å². The Morgan fingerprint density at radius 3 is 2.24 bits per heavy atom. The van der Waals surface area contributed by atoms with Crippen molar-refractivity contribution in [3.05, 3.63) is 75.3 Å². The van der Waals surface area contributed by atoms with E-state index in [1.807, 2.05) is 13.0 Å². The molecule has 0 heterocycles. The maximum Gasteiger partial charge on any atom is 0.269 e. The van der Waals surface area contributed by atoms with Gasteiger partial charge in [-0.3, -0.25) is 10.1 Å². The average Bonchev–Trinajstić information content (AvgIpc) is 2.48. The standard InChI is InChI=1S/C17H20N2O2/c1-12-7-9-15(10-8-12)13(2)18-14(3)16-5-4-6-17(11-16)19(20)21/h4-11,13-14,18H,1-3H3. The molecule has 0 amide bonds. The second-order valence-corrected chi connectivity index (χ2v) is 5.37. The number of rotatable bonds is 5. The van der Waals surface area contributed by atoms with Crippen LogP contribution in [0.15, 0.2) is 48.5 Å². The van der Waals surface area contributed by atoms with Crippen LogP contribution >= 0.6 is 0 Å². The molecule has 1 N–H and O–H groups in total. The number of hydrogen-bond donors (Lipinski definition) is 1. The highest BCUT2D eigenvalue weighted by atomic mass is 16.6. The molecule has 2 aromatic rings. The van der Waals surface area contributed by atoms with Crippen LogP contribution in [0.3, 0.4) is 0 Å². The van der Waals surface area contributed by atoms with Crippen molar-refractivity contribution in [2.45, 2.75) is 32.9 Å². The zero-order valence-electron chi connectivity index (χ0n) is 12.5. The van der Waals surface area contributed by atoms with E-state index in [2.05, 4.69) is 43.4 Å². The molecule has 0 radical (unpaired) electrons. The van der Waals surface area contributed by atoms with E-state index in [9.17, 15) is 10.1 Å². The maximum absolute atomic E-state index is 10.8. The van der Waals surface area contributed by atoms with E-state index in [-0.39, 0.29) is 22.7 Å². The van der Waals surface area contributed by atoms with Crippen LogP contribution in [0.2, 0.25) is 0 Å². The van der Waals surface area contributed by atoms with Gasteiger partial charge in [-0.2, -0.15) is 0 Å². The van der Waals surface area contributed by atoms with E-state index in [0.29, 0.717) is 0 Å². The van der Waals surface area contributed by atoms with Gasteiger partial charge >= 0.3 is 0 Å². The summed E-state index contributed by atoms with van der Waals surface area (Å²) in [4.78, 5) is 10.5. The highest BCUT2D eigenvalue weighted by molar-refractivity contribution is 5.35. The maximum atomic E-state index is 10.8. The number of nitrogens with zero attached hydrogens (tertiary/aromatic N) is 1. The van der Waals surface area contributed by atoms with Gasteiger partial charge in [-0.15, -0.1) is 0 Å². The van der Waals surface area contributed by atoms with Crippen molar-refractivity contribution in [2.75, 3.05) is 0 Å². The summed E-state index contributed by atoms with van der Waals surface area (Å²) >= 11 is 0. The molecule has 0 saturated carbocycles. The van der Waals surface area contributed by atoms with Crippen molar-refractivity contribution >= 4 is 5.69 Å². The first kappa shape index (κ1) is 15.2. The second kappa shape index (κ2) is 6.50. The average molecular weight is 284 g/mol. The Hall–Kier alpha value is -2.20. The van der Waals surface area contributed by atoms with Crippen molar-refractivity contribution in [3.63, 3.8) is 0 Å². The molecular weight excluding hydrogens is 264 g/mol. The third-order valence-electron chi connectivity index (χ3n) is 3.66.